The van der Waals surface area contributed by atoms with Gasteiger partial charge in [0.15, 0.2) is 11.6 Å². The molecule has 192 valence electrons. The molecule has 0 bridgehead atoms. The van der Waals surface area contributed by atoms with Crippen LogP contribution in [0.15, 0.2) is 30.3 Å². The van der Waals surface area contributed by atoms with Crippen LogP contribution in [0.3, 0.4) is 0 Å². The van der Waals surface area contributed by atoms with Gasteiger partial charge in [0.1, 0.15) is 11.4 Å². The number of hydrogen-bond acceptors (Lipinski definition) is 5. The van der Waals surface area contributed by atoms with E-state index >= 15 is 0 Å². The van der Waals surface area contributed by atoms with Crippen LogP contribution >= 0.6 is 0 Å². The summed E-state index contributed by atoms with van der Waals surface area (Å²) in [7, 11) is 1.67. The minimum absolute atomic E-state index is 0.0422. The van der Waals surface area contributed by atoms with E-state index in [1.54, 1.807) is 20.1 Å². The van der Waals surface area contributed by atoms with Crippen molar-refractivity contribution in [2.45, 2.75) is 57.8 Å². The number of hydrogen-bond donors (Lipinski definition) is 3. The van der Waals surface area contributed by atoms with Gasteiger partial charge in [-0.3, -0.25) is 4.79 Å². The van der Waals surface area contributed by atoms with Crippen LogP contribution in [-0.4, -0.2) is 60.4 Å². The standard InChI is InChI=1S/C24H28F3N3O3.C2H6/c1-14-6-9-18(17(26)10-14)29-22-15(7-8-16(25)21(22)27)23(31)30-12-24(32,13-30)11-28-19-4-3-5-20(19)33-2;1-2/h6-10,19-20,28-29,32H,3-5,11-13H2,1-2H3;1-2H3. The van der Waals surface area contributed by atoms with E-state index in [-0.39, 0.29) is 36.5 Å². The maximum Gasteiger partial charge on any atom is 0.256 e. The van der Waals surface area contributed by atoms with E-state index < -0.39 is 34.6 Å². The molecule has 2 atom stereocenters. The summed E-state index contributed by atoms with van der Waals surface area (Å²) >= 11 is 0. The highest BCUT2D eigenvalue weighted by molar-refractivity contribution is 6.01. The molecule has 2 aromatic carbocycles. The van der Waals surface area contributed by atoms with Crippen molar-refractivity contribution >= 4 is 17.3 Å². The number of aryl methyl sites for hydroxylation is 1. The first-order chi connectivity index (χ1) is 16.7. The Bertz CT molecular complexity index is 1040. The number of carbonyl (C=O) groups is 1. The molecule has 1 amide bonds. The Kier molecular flexibility index (Phi) is 8.79. The summed E-state index contributed by atoms with van der Waals surface area (Å²) in [4.78, 5) is 14.4. The fourth-order valence-electron chi connectivity index (χ4n) is 4.56. The smallest absolute Gasteiger partial charge is 0.256 e. The van der Waals surface area contributed by atoms with E-state index in [0.29, 0.717) is 12.1 Å². The summed E-state index contributed by atoms with van der Waals surface area (Å²) < 4.78 is 48.3. The Labute approximate surface area is 204 Å². The number of likely N-dealkylation sites (tertiary alicyclic amines) is 1. The first-order valence-electron chi connectivity index (χ1n) is 12.0. The van der Waals surface area contributed by atoms with Crippen molar-refractivity contribution in [1.82, 2.24) is 10.2 Å². The Morgan fingerprint density at radius 2 is 1.86 bits per heavy atom. The van der Waals surface area contributed by atoms with Gasteiger partial charge in [-0.2, -0.15) is 0 Å². The Morgan fingerprint density at radius 3 is 2.51 bits per heavy atom. The molecule has 3 N–H and O–H groups in total. The summed E-state index contributed by atoms with van der Waals surface area (Å²) in [5.41, 5.74) is -1.11. The van der Waals surface area contributed by atoms with Crippen LogP contribution in [0.4, 0.5) is 24.5 Å². The maximum atomic E-state index is 14.6. The van der Waals surface area contributed by atoms with Crippen LogP contribution in [0.1, 0.15) is 49.0 Å². The first-order valence-corrected chi connectivity index (χ1v) is 12.0. The number of nitrogens with one attached hydrogen (secondary N) is 2. The van der Waals surface area contributed by atoms with Crippen LogP contribution in [-0.2, 0) is 4.74 Å². The van der Waals surface area contributed by atoms with Gasteiger partial charge >= 0.3 is 0 Å². The molecule has 2 unspecified atom stereocenters. The van der Waals surface area contributed by atoms with Crippen molar-refractivity contribution in [1.29, 1.82) is 0 Å². The lowest BCUT2D eigenvalue weighted by atomic mass is 9.92. The monoisotopic (exact) mass is 493 g/mol. The van der Waals surface area contributed by atoms with Gasteiger partial charge in [-0.05, 0) is 56.0 Å². The number of β-amino-alcohol motifs (C(OH)–C–C–N with tert-alkyl or cyclic N) is 1. The van der Waals surface area contributed by atoms with Gasteiger partial charge in [0.2, 0.25) is 0 Å². The normalized spacial score (nSPS) is 20.6. The van der Waals surface area contributed by atoms with Crippen LogP contribution in [0.2, 0.25) is 0 Å². The summed E-state index contributed by atoms with van der Waals surface area (Å²) in [6.07, 6.45) is 3.07. The molecule has 1 saturated heterocycles. The number of nitrogens with zero attached hydrogens (tertiary/aromatic N) is 1. The minimum Gasteiger partial charge on any atom is -0.385 e. The highest BCUT2D eigenvalue weighted by atomic mass is 19.2. The third kappa shape index (κ3) is 5.97. The van der Waals surface area contributed by atoms with Gasteiger partial charge in [0.05, 0.1) is 36.1 Å². The minimum atomic E-state index is -1.27. The molecule has 9 heteroatoms. The van der Waals surface area contributed by atoms with Crippen molar-refractivity contribution in [3.8, 4) is 0 Å². The van der Waals surface area contributed by atoms with Crippen molar-refractivity contribution in [3.63, 3.8) is 0 Å². The molecule has 0 spiro atoms. The predicted octanol–water partition coefficient (Wildman–Crippen LogP) is 4.53. The molecule has 1 aliphatic heterocycles. The zero-order chi connectivity index (χ0) is 25.8. The SMILES string of the molecule is CC.COC1CCCC1NCC1(O)CN(C(=O)c2ccc(F)c(F)c2Nc2ccc(C)cc2F)C1. The molecule has 1 aliphatic carbocycles. The number of methoxy groups -OCH3 is 1. The molecule has 0 aromatic heterocycles. The molecule has 35 heavy (non-hydrogen) atoms. The Hall–Kier alpha value is -2.62. The molecular weight excluding hydrogens is 459 g/mol. The average molecular weight is 494 g/mol. The molecule has 1 saturated carbocycles. The van der Waals surface area contributed by atoms with Crippen molar-refractivity contribution in [2.75, 3.05) is 32.1 Å². The molecule has 4 rings (SSSR count). The van der Waals surface area contributed by atoms with Crippen LogP contribution in [0.5, 0.6) is 0 Å². The molecule has 1 heterocycles. The Morgan fingerprint density at radius 1 is 1.14 bits per heavy atom. The fraction of sp³-hybridized carbons (Fsp3) is 0.500. The van der Waals surface area contributed by atoms with Gasteiger partial charge in [0, 0.05) is 19.7 Å². The summed E-state index contributed by atoms with van der Waals surface area (Å²) in [5, 5.41) is 16.6. The zero-order valence-electron chi connectivity index (χ0n) is 20.6. The van der Waals surface area contributed by atoms with Crippen LogP contribution in [0.25, 0.3) is 0 Å². The summed E-state index contributed by atoms with van der Waals surface area (Å²) in [6.45, 7) is 6.08. The zero-order valence-corrected chi connectivity index (χ0v) is 20.6. The largest absolute Gasteiger partial charge is 0.385 e. The summed E-state index contributed by atoms with van der Waals surface area (Å²) in [6, 6.07) is 6.43. The molecule has 0 radical (unpaired) electrons. The van der Waals surface area contributed by atoms with E-state index in [1.165, 1.54) is 17.0 Å². The average Bonchev–Trinajstić information content (AvgIpc) is 3.29. The maximum absolute atomic E-state index is 14.6. The third-order valence-corrected chi connectivity index (χ3v) is 6.42. The van der Waals surface area contributed by atoms with Gasteiger partial charge < -0.3 is 25.4 Å². The number of aliphatic hydroxyl groups is 1. The first kappa shape index (κ1) is 27.0. The van der Waals surface area contributed by atoms with Crippen LogP contribution in [0, 0.1) is 24.4 Å². The second kappa shape index (κ2) is 11.4. The number of benzene rings is 2. The van der Waals surface area contributed by atoms with Crippen molar-refractivity contribution in [2.24, 2.45) is 0 Å². The quantitative estimate of drug-likeness (QED) is 0.529. The molecule has 2 aliphatic rings. The molecule has 2 aromatic rings. The molecule has 6 nitrogen and oxygen atoms in total. The second-order valence-corrected chi connectivity index (χ2v) is 8.97. The highest BCUT2D eigenvalue weighted by Gasteiger charge is 2.45. The summed E-state index contributed by atoms with van der Waals surface area (Å²) in [5.74, 6) is -3.66. The topological polar surface area (TPSA) is 73.8 Å². The number of rotatable bonds is 7. The Balaban J connectivity index is 0.00000167. The fourth-order valence-corrected chi connectivity index (χ4v) is 4.56. The van der Waals surface area contributed by atoms with Gasteiger partial charge in [-0.15, -0.1) is 0 Å². The van der Waals surface area contributed by atoms with E-state index in [0.717, 1.165) is 31.4 Å². The van der Waals surface area contributed by atoms with Gasteiger partial charge in [0.25, 0.3) is 5.91 Å². The lowest BCUT2D eigenvalue weighted by Crippen LogP contribution is -2.68. The van der Waals surface area contributed by atoms with Crippen LogP contribution < -0.4 is 10.6 Å². The van der Waals surface area contributed by atoms with E-state index in [4.69, 9.17) is 4.74 Å². The van der Waals surface area contributed by atoms with Gasteiger partial charge in [-0.1, -0.05) is 19.9 Å². The second-order valence-electron chi connectivity index (χ2n) is 8.97. The highest BCUT2D eigenvalue weighted by Crippen LogP contribution is 2.32. The van der Waals surface area contributed by atoms with E-state index in [9.17, 15) is 23.1 Å². The number of anilines is 2. The van der Waals surface area contributed by atoms with Crippen molar-refractivity contribution < 1.29 is 27.8 Å². The van der Waals surface area contributed by atoms with E-state index in [1.807, 2.05) is 13.8 Å². The third-order valence-electron chi connectivity index (χ3n) is 6.42. The van der Waals surface area contributed by atoms with Gasteiger partial charge in [-0.25, -0.2) is 13.2 Å². The molecular formula is C26H34F3N3O3. The lowest BCUT2D eigenvalue weighted by molar-refractivity contribution is -0.0815. The van der Waals surface area contributed by atoms with Crippen molar-refractivity contribution in [3.05, 3.63) is 58.9 Å². The number of amides is 1. The number of carbonyl (C=O) groups excluding carboxylic acids is 1. The predicted molar refractivity (Wildman–Crippen MR) is 129 cm³/mol. The van der Waals surface area contributed by atoms with E-state index in [2.05, 4.69) is 10.6 Å². The number of halogens is 3. The molecule has 2 fully saturated rings. The lowest BCUT2D eigenvalue weighted by Gasteiger charge is -2.47. The number of ether oxygens (including phenoxy) is 1.